The maximum absolute atomic E-state index is 13.6. The van der Waals surface area contributed by atoms with Crippen molar-refractivity contribution in [2.24, 2.45) is 0 Å². The number of likely N-dealkylation sites (tertiary alicyclic amines) is 1. The molecule has 4 rings (SSSR count). The minimum absolute atomic E-state index is 0.0402. The first-order chi connectivity index (χ1) is 17.2. The summed E-state index contributed by atoms with van der Waals surface area (Å²) in [5.74, 6) is -0.992. The molecule has 0 spiro atoms. The van der Waals surface area contributed by atoms with Crippen molar-refractivity contribution in [3.05, 3.63) is 53.6 Å². The zero-order chi connectivity index (χ0) is 25.8. The minimum Gasteiger partial charge on any atom is -0.467 e. The van der Waals surface area contributed by atoms with E-state index in [4.69, 9.17) is 10.5 Å². The molecule has 1 fully saturated rings. The molecule has 8 nitrogen and oxygen atoms in total. The number of carbonyl (C=O) groups excluding carboxylic acids is 1. The van der Waals surface area contributed by atoms with Crippen molar-refractivity contribution in [2.45, 2.75) is 32.2 Å². The summed E-state index contributed by atoms with van der Waals surface area (Å²) in [6, 6.07) is 8.30. The van der Waals surface area contributed by atoms with E-state index in [0.717, 1.165) is 25.9 Å². The van der Waals surface area contributed by atoms with Gasteiger partial charge in [0.15, 0.2) is 6.61 Å². The second-order valence-electron chi connectivity index (χ2n) is 8.77. The monoisotopic (exact) mass is 500 g/mol. The number of benzene rings is 1. The smallest absolute Gasteiger partial charge is 0.280 e. The van der Waals surface area contributed by atoms with Crippen molar-refractivity contribution in [2.75, 3.05) is 32.5 Å². The number of amides is 1. The van der Waals surface area contributed by atoms with Crippen LogP contribution in [0.5, 0.6) is 5.88 Å². The Morgan fingerprint density at radius 1 is 1.14 bits per heavy atom. The van der Waals surface area contributed by atoms with Gasteiger partial charge in [-0.25, -0.2) is 18.2 Å². The maximum atomic E-state index is 13.6. The van der Waals surface area contributed by atoms with E-state index in [1.165, 1.54) is 30.3 Å². The Bertz CT molecular complexity index is 1230. The number of nitrogens with two attached hydrogens (primary N) is 1. The summed E-state index contributed by atoms with van der Waals surface area (Å²) in [5, 5.41) is 2.95. The lowest BCUT2D eigenvalue weighted by molar-refractivity contribution is -0.124. The lowest BCUT2D eigenvalue weighted by Gasteiger charge is -2.29. The summed E-state index contributed by atoms with van der Waals surface area (Å²) in [7, 11) is 2.03. The molecule has 36 heavy (non-hydrogen) atoms. The molecule has 3 N–H and O–H groups in total. The topological polar surface area (TPSA) is 106 Å². The number of hydrogen-bond donors (Lipinski definition) is 2. The fourth-order valence-electron chi connectivity index (χ4n) is 4.14. The van der Waals surface area contributed by atoms with E-state index in [1.807, 2.05) is 7.05 Å². The van der Waals surface area contributed by atoms with Crippen molar-refractivity contribution in [3.63, 3.8) is 0 Å². The van der Waals surface area contributed by atoms with Crippen LogP contribution in [0.15, 0.2) is 36.4 Å². The predicted molar refractivity (Wildman–Crippen MR) is 129 cm³/mol. The van der Waals surface area contributed by atoms with E-state index in [1.54, 1.807) is 13.0 Å². The van der Waals surface area contributed by atoms with Crippen molar-refractivity contribution >= 4 is 11.9 Å². The lowest BCUT2D eigenvalue weighted by atomic mass is 9.99. The molecule has 0 bridgehead atoms. The first-order valence-electron chi connectivity index (χ1n) is 11.5. The van der Waals surface area contributed by atoms with Crippen LogP contribution < -0.4 is 15.8 Å². The number of nitrogens with zero attached hydrogens (tertiary/aromatic N) is 4. The number of pyridine rings is 1. The third-order valence-electron chi connectivity index (χ3n) is 5.92. The molecule has 1 aliphatic rings. The second-order valence-corrected chi connectivity index (χ2v) is 8.77. The van der Waals surface area contributed by atoms with Gasteiger partial charge in [-0.3, -0.25) is 9.78 Å². The Morgan fingerprint density at radius 3 is 2.50 bits per heavy atom. The van der Waals surface area contributed by atoms with Gasteiger partial charge in [0.05, 0.1) is 11.3 Å². The highest BCUT2D eigenvalue weighted by Gasteiger charge is 2.23. The zero-order valence-corrected chi connectivity index (χ0v) is 20.0. The van der Waals surface area contributed by atoms with Gasteiger partial charge in [0, 0.05) is 17.3 Å². The van der Waals surface area contributed by atoms with Crippen LogP contribution in [-0.4, -0.2) is 58.5 Å². The van der Waals surface area contributed by atoms with Crippen molar-refractivity contribution in [1.29, 1.82) is 0 Å². The molecule has 1 aliphatic heterocycles. The highest BCUT2D eigenvalue weighted by Crippen LogP contribution is 2.39. The summed E-state index contributed by atoms with van der Waals surface area (Å²) < 4.78 is 46.4. The molecule has 0 radical (unpaired) electrons. The number of aromatic nitrogens is 3. The molecule has 0 atom stereocenters. The SMILES string of the molecule is Cc1cc(-c2c(OCC(=O)NC3CCN(C)CC3)nc(N)nc2-c2ccc(F)cc2)cc(C(F)F)n1. The molecule has 190 valence electrons. The molecule has 2 aromatic heterocycles. The van der Waals surface area contributed by atoms with Gasteiger partial charge in [-0.1, -0.05) is 0 Å². The number of piperidine rings is 1. The van der Waals surface area contributed by atoms with E-state index < -0.39 is 17.9 Å². The number of anilines is 1. The summed E-state index contributed by atoms with van der Waals surface area (Å²) in [4.78, 5) is 27.2. The van der Waals surface area contributed by atoms with Crippen LogP contribution in [0.25, 0.3) is 22.4 Å². The average Bonchev–Trinajstić information content (AvgIpc) is 2.84. The van der Waals surface area contributed by atoms with Crippen LogP contribution in [0.1, 0.15) is 30.7 Å². The molecular weight excluding hydrogens is 473 g/mol. The summed E-state index contributed by atoms with van der Waals surface area (Å²) >= 11 is 0. The number of ether oxygens (including phenoxy) is 1. The molecule has 0 unspecified atom stereocenters. The Kier molecular flexibility index (Phi) is 7.68. The fraction of sp³-hybridized carbons (Fsp3) is 0.360. The molecule has 0 saturated carbocycles. The van der Waals surface area contributed by atoms with E-state index in [9.17, 15) is 18.0 Å². The third-order valence-corrected chi connectivity index (χ3v) is 5.92. The number of nitrogen functional groups attached to an aromatic ring is 1. The van der Waals surface area contributed by atoms with Crippen LogP contribution in [0.4, 0.5) is 19.1 Å². The van der Waals surface area contributed by atoms with Crippen LogP contribution >= 0.6 is 0 Å². The molecular formula is C25H27F3N6O2. The van der Waals surface area contributed by atoms with Gasteiger partial charge in [0.2, 0.25) is 11.8 Å². The number of rotatable bonds is 7. The quantitative estimate of drug-likeness (QED) is 0.509. The molecule has 1 aromatic carbocycles. The minimum atomic E-state index is -2.81. The Hall–Kier alpha value is -3.73. The predicted octanol–water partition coefficient (Wildman–Crippen LogP) is 3.76. The number of hydrogen-bond acceptors (Lipinski definition) is 7. The normalized spacial score (nSPS) is 14.7. The van der Waals surface area contributed by atoms with E-state index in [2.05, 4.69) is 25.2 Å². The van der Waals surface area contributed by atoms with E-state index in [0.29, 0.717) is 16.8 Å². The van der Waals surface area contributed by atoms with Crippen LogP contribution in [-0.2, 0) is 4.79 Å². The molecule has 3 aromatic rings. The summed E-state index contributed by atoms with van der Waals surface area (Å²) in [6.07, 6.45) is -1.15. The van der Waals surface area contributed by atoms with Crippen LogP contribution in [0.3, 0.4) is 0 Å². The van der Waals surface area contributed by atoms with Crippen molar-refractivity contribution in [1.82, 2.24) is 25.2 Å². The molecule has 3 heterocycles. The van der Waals surface area contributed by atoms with Gasteiger partial charge < -0.3 is 20.7 Å². The van der Waals surface area contributed by atoms with Crippen LogP contribution in [0, 0.1) is 12.7 Å². The first-order valence-corrected chi connectivity index (χ1v) is 11.5. The van der Waals surface area contributed by atoms with Gasteiger partial charge in [-0.05, 0) is 81.9 Å². The molecule has 1 amide bonds. The lowest BCUT2D eigenvalue weighted by Crippen LogP contribution is -2.44. The highest BCUT2D eigenvalue weighted by atomic mass is 19.3. The Labute approximate surface area is 206 Å². The van der Waals surface area contributed by atoms with Gasteiger partial charge in [0.1, 0.15) is 11.5 Å². The Morgan fingerprint density at radius 2 is 1.83 bits per heavy atom. The standard InChI is InChI=1S/C25H27F3N6O2/c1-14-11-16(12-19(30-14)23(27)28)21-22(15-3-5-17(26)6-4-15)32-25(29)33-24(21)36-13-20(35)31-18-7-9-34(2)10-8-18/h3-6,11-12,18,23H,7-10,13H2,1-2H3,(H,31,35)(H2,29,32,33). The van der Waals surface area contributed by atoms with Crippen molar-refractivity contribution < 1.29 is 22.7 Å². The largest absolute Gasteiger partial charge is 0.467 e. The van der Waals surface area contributed by atoms with E-state index in [-0.39, 0.29) is 41.6 Å². The van der Waals surface area contributed by atoms with Gasteiger partial charge in [-0.15, -0.1) is 0 Å². The first kappa shape index (κ1) is 25.4. The number of halogens is 3. The number of nitrogens with one attached hydrogen (secondary N) is 1. The zero-order valence-electron chi connectivity index (χ0n) is 20.0. The molecule has 0 aliphatic carbocycles. The number of alkyl halides is 2. The van der Waals surface area contributed by atoms with Crippen molar-refractivity contribution in [3.8, 4) is 28.3 Å². The average molecular weight is 501 g/mol. The number of carbonyl (C=O) groups is 1. The molecule has 11 heteroatoms. The highest BCUT2D eigenvalue weighted by molar-refractivity contribution is 5.85. The van der Waals surface area contributed by atoms with Gasteiger partial charge in [-0.2, -0.15) is 4.98 Å². The van der Waals surface area contributed by atoms with E-state index >= 15 is 0 Å². The Balaban J connectivity index is 1.71. The van der Waals surface area contributed by atoms with Gasteiger partial charge >= 0.3 is 0 Å². The molecule has 1 saturated heterocycles. The number of aryl methyl sites for hydroxylation is 1. The maximum Gasteiger partial charge on any atom is 0.280 e. The fourth-order valence-corrected chi connectivity index (χ4v) is 4.14. The third kappa shape index (κ3) is 6.09. The summed E-state index contributed by atoms with van der Waals surface area (Å²) in [6.45, 7) is 2.99. The second kappa shape index (κ2) is 10.9. The van der Waals surface area contributed by atoms with Gasteiger partial charge in [0.25, 0.3) is 12.3 Å². The van der Waals surface area contributed by atoms with Crippen LogP contribution in [0.2, 0.25) is 0 Å². The summed E-state index contributed by atoms with van der Waals surface area (Å²) in [5.41, 5.74) is 7.12.